The van der Waals surface area contributed by atoms with Gasteiger partial charge in [0.05, 0.1) is 0 Å². The molecule has 5 nitrogen and oxygen atoms in total. The largest absolute Gasteiger partial charge is 0.460 e. The molecule has 1 aliphatic heterocycles. The Kier molecular flexibility index (Phi) is 6.30. The maximum absolute atomic E-state index is 13.1. The van der Waals surface area contributed by atoms with Gasteiger partial charge in [-0.1, -0.05) is 63.6 Å². The van der Waals surface area contributed by atoms with Gasteiger partial charge >= 0.3 is 11.9 Å². The summed E-state index contributed by atoms with van der Waals surface area (Å²) in [6.07, 6.45) is 2.98. The van der Waals surface area contributed by atoms with Crippen molar-refractivity contribution in [2.75, 3.05) is 6.61 Å². The average molecular weight is 423 g/mol. The van der Waals surface area contributed by atoms with E-state index in [1.54, 1.807) is 0 Å². The molecular weight excluding hydrogens is 392 g/mol. The third kappa shape index (κ3) is 4.60. The highest BCUT2D eigenvalue weighted by Gasteiger charge is 2.36. The lowest BCUT2D eigenvalue weighted by molar-refractivity contribution is -0.167. The molecule has 4 rings (SSSR count). The number of esters is 2. The maximum atomic E-state index is 13.1. The molecule has 0 unspecified atom stereocenters. The molecule has 0 N–H and O–H groups in total. The first-order valence-electron chi connectivity index (χ1n) is 11.2. The number of benzene rings is 2. The van der Waals surface area contributed by atoms with Crippen molar-refractivity contribution in [2.45, 2.75) is 52.1 Å². The quantitative estimate of drug-likeness (QED) is 0.598. The zero-order valence-corrected chi connectivity index (χ0v) is 18.4. The standard InChI is InChI=1S/C26H30O5/c1-16(2)18-13-12-17(3)14-23(18)31-24(27)15-29-26(28)25-19-8-4-6-10-21(19)30-22-11-7-5-9-20(22)25/h4-11,16-18,23,25H,12-15H2,1-3H3/t17-,18+,23+/m0/s1. The van der Waals surface area contributed by atoms with E-state index >= 15 is 0 Å². The van der Waals surface area contributed by atoms with Gasteiger partial charge in [-0.25, -0.2) is 4.79 Å². The molecule has 31 heavy (non-hydrogen) atoms. The summed E-state index contributed by atoms with van der Waals surface area (Å²) in [7, 11) is 0. The summed E-state index contributed by atoms with van der Waals surface area (Å²) in [5.41, 5.74) is 1.47. The van der Waals surface area contributed by atoms with Crippen molar-refractivity contribution < 1.29 is 23.8 Å². The van der Waals surface area contributed by atoms with E-state index in [-0.39, 0.29) is 12.7 Å². The molecule has 0 spiro atoms. The molecule has 0 amide bonds. The molecule has 164 valence electrons. The summed E-state index contributed by atoms with van der Waals surface area (Å²) < 4.78 is 17.2. The Labute approximate surface area is 183 Å². The summed E-state index contributed by atoms with van der Waals surface area (Å²) in [6, 6.07) is 14.8. The second-order valence-electron chi connectivity index (χ2n) is 9.07. The molecule has 5 heteroatoms. The van der Waals surface area contributed by atoms with Crippen LogP contribution in [0.4, 0.5) is 0 Å². The Balaban J connectivity index is 1.44. The number of hydrogen-bond acceptors (Lipinski definition) is 5. The molecule has 1 heterocycles. The van der Waals surface area contributed by atoms with E-state index in [2.05, 4.69) is 20.8 Å². The first-order chi connectivity index (χ1) is 14.9. The number of fused-ring (bicyclic) bond motifs is 2. The fourth-order valence-electron chi connectivity index (χ4n) is 4.83. The third-order valence-electron chi connectivity index (χ3n) is 6.49. The molecule has 1 fully saturated rings. The Hall–Kier alpha value is -2.82. The van der Waals surface area contributed by atoms with E-state index in [4.69, 9.17) is 14.2 Å². The number of ether oxygens (including phenoxy) is 3. The van der Waals surface area contributed by atoms with Crippen molar-refractivity contribution in [3.63, 3.8) is 0 Å². The molecule has 0 radical (unpaired) electrons. The van der Waals surface area contributed by atoms with Gasteiger partial charge in [0.1, 0.15) is 23.5 Å². The monoisotopic (exact) mass is 422 g/mol. The molecule has 0 bridgehead atoms. The normalized spacial score (nSPS) is 22.8. The second-order valence-corrected chi connectivity index (χ2v) is 9.07. The molecule has 1 aliphatic carbocycles. The molecule has 1 saturated carbocycles. The molecule has 3 atom stereocenters. The van der Waals surface area contributed by atoms with Crippen LogP contribution in [0.5, 0.6) is 11.5 Å². The zero-order valence-electron chi connectivity index (χ0n) is 18.4. The van der Waals surface area contributed by atoms with Gasteiger partial charge in [-0.2, -0.15) is 0 Å². The average Bonchev–Trinajstić information content (AvgIpc) is 2.75. The van der Waals surface area contributed by atoms with Crippen LogP contribution < -0.4 is 4.74 Å². The van der Waals surface area contributed by atoms with Crippen molar-refractivity contribution in [3.05, 3.63) is 59.7 Å². The lowest BCUT2D eigenvalue weighted by atomic mass is 9.75. The molecule has 2 aromatic carbocycles. The number of carbonyl (C=O) groups excluding carboxylic acids is 2. The Morgan fingerprint density at radius 3 is 2.23 bits per heavy atom. The van der Waals surface area contributed by atoms with Gasteiger partial charge in [0, 0.05) is 11.1 Å². The predicted molar refractivity (Wildman–Crippen MR) is 117 cm³/mol. The van der Waals surface area contributed by atoms with Gasteiger partial charge in [0.15, 0.2) is 6.61 Å². The SMILES string of the molecule is CC(C)[C@H]1CC[C@H](C)C[C@H]1OC(=O)COC(=O)C1c2ccccc2Oc2ccccc21. The zero-order chi connectivity index (χ0) is 22.0. The first kappa shape index (κ1) is 21.4. The van der Waals surface area contributed by atoms with E-state index in [0.717, 1.165) is 30.4 Å². The molecular formula is C26H30O5. The van der Waals surface area contributed by atoms with Crippen LogP contribution in [0.1, 0.15) is 57.1 Å². The van der Waals surface area contributed by atoms with E-state index in [0.29, 0.717) is 29.3 Å². The number of rotatable bonds is 5. The van der Waals surface area contributed by atoms with Crippen LogP contribution in [0, 0.1) is 17.8 Å². The van der Waals surface area contributed by atoms with Crippen LogP contribution in [0.15, 0.2) is 48.5 Å². The first-order valence-corrected chi connectivity index (χ1v) is 11.2. The summed E-state index contributed by atoms with van der Waals surface area (Å²) in [5.74, 6) is 0.999. The summed E-state index contributed by atoms with van der Waals surface area (Å²) >= 11 is 0. The van der Waals surface area contributed by atoms with Gasteiger partial charge in [-0.15, -0.1) is 0 Å². The van der Waals surface area contributed by atoms with Crippen LogP contribution in [0.25, 0.3) is 0 Å². The van der Waals surface area contributed by atoms with Gasteiger partial charge < -0.3 is 14.2 Å². The summed E-state index contributed by atoms with van der Waals surface area (Å²) in [5, 5.41) is 0. The van der Waals surface area contributed by atoms with Gasteiger partial charge in [-0.05, 0) is 42.7 Å². The minimum absolute atomic E-state index is 0.112. The summed E-state index contributed by atoms with van der Waals surface area (Å²) in [4.78, 5) is 25.6. The highest BCUT2D eigenvalue weighted by Crippen LogP contribution is 2.44. The minimum atomic E-state index is -0.632. The van der Waals surface area contributed by atoms with Crippen molar-refractivity contribution in [1.82, 2.24) is 0 Å². The van der Waals surface area contributed by atoms with Crippen molar-refractivity contribution in [3.8, 4) is 11.5 Å². The third-order valence-corrected chi connectivity index (χ3v) is 6.49. The minimum Gasteiger partial charge on any atom is -0.460 e. The van der Waals surface area contributed by atoms with E-state index in [9.17, 15) is 9.59 Å². The maximum Gasteiger partial charge on any atom is 0.344 e. The number of carbonyl (C=O) groups is 2. The van der Waals surface area contributed by atoms with Crippen LogP contribution in [-0.2, 0) is 19.1 Å². The topological polar surface area (TPSA) is 61.8 Å². The smallest absolute Gasteiger partial charge is 0.344 e. The lowest BCUT2D eigenvalue weighted by Gasteiger charge is -2.36. The molecule has 2 aromatic rings. The molecule has 0 saturated heterocycles. The second kappa shape index (κ2) is 9.13. The van der Waals surface area contributed by atoms with Crippen LogP contribution in [0.2, 0.25) is 0 Å². The van der Waals surface area contributed by atoms with Gasteiger partial charge in [0.2, 0.25) is 0 Å². The lowest BCUT2D eigenvalue weighted by Crippen LogP contribution is -2.37. The number of para-hydroxylation sites is 2. The highest BCUT2D eigenvalue weighted by molar-refractivity contribution is 5.87. The summed E-state index contributed by atoms with van der Waals surface area (Å²) in [6.45, 7) is 6.15. The molecule has 2 aliphatic rings. The fraction of sp³-hybridized carbons (Fsp3) is 0.462. The Morgan fingerprint density at radius 1 is 1.00 bits per heavy atom. The van der Waals surface area contributed by atoms with Crippen LogP contribution in [0.3, 0.4) is 0 Å². The van der Waals surface area contributed by atoms with Crippen molar-refractivity contribution in [2.24, 2.45) is 17.8 Å². The predicted octanol–water partition coefficient (Wildman–Crippen LogP) is 5.47. The van der Waals surface area contributed by atoms with E-state index < -0.39 is 17.9 Å². The van der Waals surface area contributed by atoms with E-state index in [1.165, 1.54) is 0 Å². The Bertz CT molecular complexity index is 905. The van der Waals surface area contributed by atoms with Crippen LogP contribution >= 0.6 is 0 Å². The Morgan fingerprint density at radius 2 is 1.61 bits per heavy atom. The van der Waals surface area contributed by atoms with Crippen LogP contribution in [-0.4, -0.2) is 24.6 Å². The van der Waals surface area contributed by atoms with Gasteiger partial charge in [-0.3, -0.25) is 4.79 Å². The highest BCUT2D eigenvalue weighted by atomic mass is 16.6. The number of hydrogen-bond donors (Lipinski definition) is 0. The molecule has 0 aromatic heterocycles. The van der Waals surface area contributed by atoms with E-state index in [1.807, 2.05) is 48.5 Å². The fourth-order valence-corrected chi connectivity index (χ4v) is 4.83. The van der Waals surface area contributed by atoms with Crippen molar-refractivity contribution >= 4 is 11.9 Å². The van der Waals surface area contributed by atoms with Crippen molar-refractivity contribution in [1.29, 1.82) is 0 Å². The van der Waals surface area contributed by atoms with Gasteiger partial charge in [0.25, 0.3) is 0 Å².